The highest BCUT2D eigenvalue weighted by molar-refractivity contribution is 7.99. The van der Waals surface area contributed by atoms with Gasteiger partial charge >= 0.3 is 6.09 Å². The molecule has 0 unspecified atom stereocenters. The molecule has 1 aromatic carbocycles. The van der Waals surface area contributed by atoms with Crippen LogP contribution in [0.15, 0.2) is 57.0 Å². The molecule has 7 nitrogen and oxygen atoms in total. The number of aromatic nitrogens is 2. The molecule has 1 aliphatic heterocycles. The molecule has 1 fully saturated rings. The Hall–Kier alpha value is -2.74. The number of ether oxygens (including phenoxy) is 1. The zero-order valence-corrected chi connectivity index (χ0v) is 15.5. The number of benzene rings is 1. The van der Waals surface area contributed by atoms with Gasteiger partial charge in [-0.2, -0.15) is 0 Å². The zero-order valence-electron chi connectivity index (χ0n) is 14.7. The van der Waals surface area contributed by atoms with E-state index in [9.17, 15) is 9.59 Å². The first-order valence-corrected chi connectivity index (χ1v) is 9.77. The third kappa shape index (κ3) is 3.85. The van der Waals surface area contributed by atoms with Crippen molar-refractivity contribution >= 4 is 28.8 Å². The quantitative estimate of drug-likeness (QED) is 0.353. The maximum atomic E-state index is 13.0. The average molecular weight is 385 g/mol. The van der Waals surface area contributed by atoms with E-state index in [1.54, 1.807) is 27.9 Å². The molecular formula is C19H19N3O4S. The highest BCUT2D eigenvalue weighted by Crippen LogP contribution is 2.20. The Labute approximate surface area is 159 Å². The lowest BCUT2D eigenvalue weighted by atomic mass is 10.2. The highest BCUT2D eigenvalue weighted by atomic mass is 32.2. The van der Waals surface area contributed by atoms with Gasteiger partial charge in [0, 0.05) is 12.3 Å². The lowest BCUT2D eigenvalue weighted by Gasteiger charge is -2.14. The van der Waals surface area contributed by atoms with Crippen molar-refractivity contribution in [1.29, 1.82) is 0 Å². The maximum Gasteiger partial charge on any atom is 0.409 e. The van der Waals surface area contributed by atoms with E-state index in [1.165, 1.54) is 11.8 Å². The number of nitrogens with zero attached hydrogens (tertiary/aromatic N) is 3. The van der Waals surface area contributed by atoms with E-state index in [0.717, 1.165) is 12.2 Å². The molecule has 3 heterocycles. The summed E-state index contributed by atoms with van der Waals surface area (Å²) in [5, 5.41) is 1.24. The molecule has 0 N–H and O–H groups in total. The van der Waals surface area contributed by atoms with Gasteiger partial charge in [0.05, 0.1) is 30.3 Å². The van der Waals surface area contributed by atoms with Gasteiger partial charge in [-0.3, -0.25) is 9.36 Å². The van der Waals surface area contributed by atoms with E-state index in [2.05, 4.69) is 4.98 Å². The number of para-hydroxylation sites is 1. The van der Waals surface area contributed by atoms with Crippen molar-refractivity contribution < 1.29 is 13.9 Å². The minimum absolute atomic E-state index is 0.0809. The van der Waals surface area contributed by atoms with Crippen molar-refractivity contribution in [3.05, 3.63) is 58.8 Å². The van der Waals surface area contributed by atoms with E-state index in [1.807, 2.05) is 24.3 Å². The van der Waals surface area contributed by atoms with Crippen LogP contribution in [0.5, 0.6) is 0 Å². The summed E-state index contributed by atoms with van der Waals surface area (Å²) in [6.45, 7) is 2.08. The van der Waals surface area contributed by atoms with Gasteiger partial charge in [-0.25, -0.2) is 9.78 Å². The molecule has 0 radical (unpaired) electrons. The molecule has 0 atom stereocenters. The van der Waals surface area contributed by atoms with E-state index >= 15 is 0 Å². The van der Waals surface area contributed by atoms with Gasteiger partial charge in [0.1, 0.15) is 12.4 Å². The Morgan fingerprint density at radius 3 is 2.81 bits per heavy atom. The molecule has 0 saturated carbocycles. The van der Waals surface area contributed by atoms with Gasteiger partial charge in [0.25, 0.3) is 5.56 Å². The summed E-state index contributed by atoms with van der Waals surface area (Å²) < 4.78 is 12.0. The molecule has 140 valence electrons. The first-order valence-electron chi connectivity index (χ1n) is 8.79. The van der Waals surface area contributed by atoms with Crippen LogP contribution in [0.25, 0.3) is 10.9 Å². The Balaban J connectivity index is 1.54. The number of carbonyl (C=O) groups excluding carboxylic acids is 1. The molecule has 2 aromatic heterocycles. The van der Waals surface area contributed by atoms with Crippen LogP contribution >= 0.6 is 11.8 Å². The monoisotopic (exact) mass is 385 g/mol. The van der Waals surface area contributed by atoms with Crippen LogP contribution in [0, 0.1) is 0 Å². The fourth-order valence-corrected chi connectivity index (χ4v) is 3.93. The first kappa shape index (κ1) is 17.7. The Morgan fingerprint density at radius 1 is 1.15 bits per heavy atom. The van der Waals surface area contributed by atoms with Gasteiger partial charge in [0.2, 0.25) is 0 Å². The van der Waals surface area contributed by atoms with Crippen LogP contribution in [0.1, 0.15) is 12.2 Å². The van der Waals surface area contributed by atoms with Gasteiger partial charge in [0.15, 0.2) is 5.16 Å². The second kappa shape index (κ2) is 7.87. The number of amides is 1. The molecule has 1 amide bonds. The topological polar surface area (TPSA) is 77.6 Å². The van der Waals surface area contributed by atoms with Gasteiger partial charge in [-0.05, 0) is 30.7 Å². The number of furan rings is 1. The molecule has 4 rings (SSSR count). The minimum Gasteiger partial charge on any atom is -0.467 e. The second-order valence-corrected chi connectivity index (χ2v) is 7.25. The van der Waals surface area contributed by atoms with Crippen molar-refractivity contribution in [3.8, 4) is 0 Å². The summed E-state index contributed by atoms with van der Waals surface area (Å²) >= 11 is 1.51. The predicted octanol–water partition coefficient (Wildman–Crippen LogP) is 2.97. The fourth-order valence-electron chi connectivity index (χ4n) is 3.00. The summed E-state index contributed by atoms with van der Waals surface area (Å²) in [7, 11) is 0. The number of cyclic esters (lactones) is 1. The molecule has 0 aliphatic carbocycles. The summed E-state index contributed by atoms with van der Waals surface area (Å²) in [4.78, 5) is 30.8. The number of hydrogen-bond donors (Lipinski definition) is 0. The number of thioether (sulfide) groups is 1. The Bertz CT molecular complexity index is 1000. The smallest absolute Gasteiger partial charge is 0.409 e. The molecule has 0 spiro atoms. The van der Waals surface area contributed by atoms with Crippen LogP contribution in [0.4, 0.5) is 4.79 Å². The largest absolute Gasteiger partial charge is 0.467 e. The molecule has 1 aliphatic rings. The van der Waals surface area contributed by atoms with Crippen molar-refractivity contribution in [1.82, 2.24) is 14.5 Å². The van der Waals surface area contributed by atoms with Crippen molar-refractivity contribution in [2.75, 3.05) is 25.4 Å². The molecule has 27 heavy (non-hydrogen) atoms. The standard InChI is InChI=1S/C19H19N3O4S/c23-17-15-6-1-2-7-16(15)20-18(22(17)13-14-5-3-10-25-14)27-12-4-8-21-9-11-26-19(21)24/h1-3,5-7,10H,4,8-9,11-13H2. The molecular weight excluding hydrogens is 366 g/mol. The molecule has 1 saturated heterocycles. The predicted molar refractivity (Wildman–Crippen MR) is 102 cm³/mol. The van der Waals surface area contributed by atoms with Crippen molar-refractivity contribution in [2.24, 2.45) is 0 Å². The normalized spacial score (nSPS) is 14.1. The summed E-state index contributed by atoms with van der Waals surface area (Å²) in [5.41, 5.74) is 0.603. The third-order valence-corrected chi connectivity index (χ3v) is 5.43. The summed E-state index contributed by atoms with van der Waals surface area (Å²) in [6, 6.07) is 11.0. The van der Waals surface area contributed by atoms with E-state index in [-0.39, 0.29) is 11.7 Å². The van der Waals surface area contributed by atoms with Crippen LogP contribution in [-0.2, 0) is 11.3 Å². The lowest BCUT2D eigenvalue weighted by Crippen LogP contribution is -2.26. The lowest BCUT2D eigenvalue weighted by molar-refractivity contribution is 0.158. The Kier molecular flexibility index (Phi) is 5.15. The fraction of sp³-hybridized carbons (Fsp3) is 0.316. The summed E-state index contributed by atoms with van der Waals surface area (Å²) in [5.74, 6) is 1.45. The van der Waals surface area contributed by atoms with E-state index in [0.29, 0.717) is 48.1 Å². The number of rotatable bonds is 7. The molecule has 8 heteroatoms. The van der Waals surface area contributed by atoms with Crippen molar-refractivity contribution in [3.63, 3.8) is 0 Å². The number of fused-ring (bicyclic) bond motifs is 1. The molecule has 0 bridgehead atoms. The van der Waals surface area contributed by atoms with Crippen LogP contribution in [0.2, 0.25) is 0 Å². The minimum atomic E-state index is -0.251. The molecule has 3 aromatic rings. The maximum absolute atomic E-state index is 13.0. The number of carbonyl (C=O) groups is 1. The number of hydrogen-bond acceptors (Lipinski definition) is 6. The van der Waals surface area contributed by atoms with Crippen LogP contribution in [-0.4, -0.2) is 46.0 Å². The van der Waals surface area contributed by atoms with E-state index < -0.39 is 0 Å². The van der Waals surface area contributed by atoms with Crippen LogP contribution in [0.3, 0.4) is 0 Å². The van der Waals surface area contributed by atoms with E-state index in [4.69, 9.17) is 9.15 Å². The zero-order chi connectivity index (χ0) is 18.6. The second-order valence-electron chi connectivity index (χ2n) is 6.19. The first-order chi connectivity index (χ1) is 13.2. The van der Waals surface area contributed by atoms with Gasteiger partial charge in [-0.15, -0.1) is 0 Å². The third-order valence-electron chi connectivity index (χ3n) is 4.37. The Morgan fingerprint density at radius 2 is 2.04 bits per heavy atom. The summed E-state index contributed by atoms with van der Waals surface area (Å²) in [6.07, 6.45) is 2.14. The van der Waals surface area contributed by atoms with Gasteiger partial charge < -0.3 is 14.1 Å². The SMILES string of the molecule is O=C1OCCN1CCCSc1nc2ccccc2c(=O)n1Cc1ccco1. The highest BCUT2D eigenvalue weighted by Gasteiger charge is 2.21. The van der Waals surface area contributed by atoms with Crippen molar-refractivity contribution in [2.45, 2.75) is 18.1 Å². The average Bonchev–Trinajstić information content (AvgIpc) is 3.33. The van der Waals surface area contributed by atoms with Crippen LogP contribution < -0.4 is 5.56 Å². The van der Waals surface area contributed by atoms with Gasteiger partial charge in [-0.1, -0.05) is 23.9 Å².